The van der Waals surface area contributed by atoms with Crippen LogP contribution in [0.1, 0.15) is 39.0 Å². The van der Waals surface area contributed by atoms with E-state index in [1.807, 2.05) is 0 Å². The maximum absolute atomic E-state index is 10.8. The molecule has 1 saturated carbocycles. The van der Waals surface area contributed by atoms with Crippen molar-refractivity contribution in [2.45, 2.75) is 44.6 Å². The third-order valence-electron chi connectivity index (χ3n) is 2.43. The topological polar surface area (TPSA) is 26.3 Å². The van der Waals surface area contributed by atoms with Crippen molar-refractivity contribution < 1.29 is 9.53 Å². The molecule has 0 radical (unpaired) electrons. The van der Waals surface area contributed by atoms with Gasteiger partial charge in [0, 0.05) is 12.3 Å². The molecule has 12 heavy (non-hydrogen) atoms. The van der Waals surface area contributed by atoms with Gasteiger partial charge in [0.05, 0.1) is 0 Å². The minimum absolute atomic E-state index is 0.130. The van der Waals surface area contributed by atoms with Crippen LogP contribution in [0.3, 0.4) is 0 Å². The molecule has 70 valence electrons. The first-order valence-corrected chi connectivity index (χ1v) is 5.56. The van der Waals surface area contributed by atoms with E-state index in [-0.39, 0.29) is 11.6 Å². The quantitative estimate of drug-likeness (QED) is 0.555. The summed E-state index contributed by atoms with van der Waals surface area (Å²) in [4.78, 5) is 10.8. The van der Waals surface area contributed by atoms with Gasteiger partial charge in [0.1, 0.15) is 5.60 Å². The second kappa shape index (κ2) is 4.26. The zero-order valence-corrected chi connectivity index (χ0v) is 9.02. The fraction of sp³-hybridized carbons (Fsp3) is 0.889. The van der Waals surface area contributed by atoms with E-state index < -0.39 is 0 Å². The van der Waals surface area contributed by atoms with Crippen LogP contribution >= 0.6 is 15.9 Å². The molecule has 0 N–H and O–H groups in total. The van der Waals surface area contributed by atoms with Gasteiger partial charge in [-0.3, -0.25) is 4.79 Å². The van der Waals surface area contributed by atoms with Gasteiger partial charge in [-0.2, -0.15) is 0 Å². The lowest BCUT2D eigenvalue weighted by Crippen LogP contribution is -2.31. The number of hydrogen-bond donors (Lipinski definition) is 0. The van der Waals surface area contributed by atoms with Crippen molar-refractivity contribution in [2.75, 3.05) is 5.33 Å². The first kappa shape index (κ1) is 10.0. The smallest absolute Gasteiger partial charge is 0.303 e. The Morgan fingerprint density at radius 2 is 2.08 bits per heavy atom. The minimum Gasteiger partial charge on any atom is -0.459 e. The summed E-state index contributed by atoms with van der Waals surface area (Å²) in [7, 11) is 0. The van der Waals surface area contributed by atoms with Crippen molar-refractivity contribution in [3.63, 3.8) is 0 Å². The predicted octanol–water partition coefficient (Wildman–Crippen LogP) is 2.65. The zero-order valence-electron chi connectivity index (χ0n) is 7.44. The normalized spacial score (nSPS) is 20.8. The van der Waals surface area contributed by atoms with Crippen LogP contribution in [-0.4, -0.2) is 16.9 Å². The minimum atomic E-state index is -0.141. The Balaban J connectivity index is 2.52. The Kier molecular flexibility index (Phi) is 3.56. The Bertz CT molecular complexity index is 162. The van der Waals surface area contributed by atoms with E-state index in [1.165, 1.54) is 19.8 Å². The van der Waals surface area contributed by atoms with Gasteiger partial charge in [-0.05, 0) is 32.1 Å². The SMILES string of the molecule is CC(=O)OC1(CCBr)CCCC1. The fourth-order valence-electron chi connectivity index (χ4n) is 1.90. The monoisotopic (exact) mass is 234 g/mol. The van der Waals surface area contributed by atoms with Crippen molar-refractivity contribution in [1.82, 2.24) is 0 Å². The molecule has 0 heterocycles. The molecular weight excluding hydrogens is 220 g/mol. The predicted molar refractivity (Wildman–Crippen MR) is 51.4 cm³/mol. The highest BCUT2D eigenvalue weighted by Crippen LogP contribution is 2.36. The van der Waals surface area contributed by atoms with Crippen molar-refractivity contribution in [1.29, 1.82) is 0 Å². The van der Waals surface area contributed by atoms with E-state index in [4.69, 9.17) is 4.74 Å². The van der Waals surface area contributed by atoms with Crippen LogP contribution in [0.15, 0.2) is 0 Å². The summed E-state index contributed by atoms with van der Waals surface area (Å²) in [6, 6.07) is 0. The average molecular weight is 235 g/mol. The molecule has 0 aromatic carbocycles. The molecule has 0 atom stereocenters. The van der Waals surface area contributed by atoms with Crippen molar-refractivity contribution >= 4 is 21.9 Å². The zero-order chi connectivity index (χ0) is 9.03. The molecule has 3 heteroatoms. The van der Waals surface area contributed by atoms with Gasteiger partial charge in [0.15, 0.2) is 0 Å². The van der Waals surface area contributed by atoms with Gasteiger partial charge in [0.2, 0.25) is 0 Å². The van der Waals surface area contributed by atoms with Gasteiger partial charge in [-0.25, -0.2) is 0 Å². The molecule has 2 nitrogen and oxygen atoms in total. The number of hydrogen-bond acceptors (Lipinski definition) is 2. The lowest BCUT2D eigenvalue weighted by molar-refractivity contribution is -0.156. The second-order valence-electron chi connectivity index (χ2n) is 3.42. The fourth-order valence-corrected chi connectivity index (χ4v) is 2.62. The van der Waals surface area contributed by atoms with Crippen molar-refractivity contribution in [2.24, 2.45) is 0 Å². The molecule has 0 spiro atoms. The summed E-state index contributed by atoms with van der Waals surface area (Å²) < 4.78 is 5.37. The maximum Gasteiger partial charge on any atom is 0.303 e. The van der Waals surface area contributed by atoms with Crippen molar-refractivity contribution in [3.05, 3.63) is 0 Å². The first-order chi connectivity index (χ1) is 5.68. The standard InChI is InChI=1S/C9H15BrO2/c1-8(11)12-9(6-7-10)4-2-3-5-9/h2-7H2,1H3. The number of alkyl halides is 1. The molecule has 1 aliphatic rings. The van der Waals surface area contributed by atoms with Crippen LogP contribution in [0.25, 0.3) is 0 Å². The lowest BCUT2D eigenvalue weighted by atomic mass is 9.99. The Labute approximate surface area is 81.8 Å². The lowest BCUT2D eigenvalue weighted by Gasteiger charge is -2.27. The number of ether oxygens (including phenoxy) is 1. The molecule has 0 aromatic heterocycles. The highest BCUT2D eigenvalue weighted by Gasteiger charge is 2.35. The third kappa shape index (κ3) is 2.47. The summed E-state index contributed by atoms with van der Waals surface area (Å²) in [5, 5.41) is 0.917. The van der Waals surface area contributed by atoms with Crippen LogP contribution in [0, 0.1) is 0 Å². The Morgan fingerprint density at radius 3 is 2.50 bits per heavy atom. The summed E-state index contributed by atoms with van der Waals surface area (Å²) in [6.45, 7) is 1.49. The Hall–Kier alpha value is -0.0500. The number of carbonyl (C=O) groups excluding carboxylic acids is 1. The summed E-state index contributed by atoms with van der Waals surface area (Å²) in [5.74, 6) is -0.141. The largest absolute Gasteiger partial charge is 0.459 e. The molecule has 1 rings (SSSR count). The number of carbonyl (C=O) groups is 1. The van der Waals surface area contributed by atoms with E-state index >= 15 is 0 Å². The number of esters is 1. The van der Waals surface area contributed by atoms with E-state index in [0.717, 1.165) is 24.6 Å². The van der Waals surface area contributed by atoms with E-state index in [2.05, 4.69) is 15.9 Å². The number of halogens is 1. The molecule has 1 fully saturated rings. The molecule has 1 aliphatic carbocycles. The van der Waals surface area contributed by atoms with Gasteiger partial charge in [0.25, 0.3) is 0 Å². The highest BCUT2D eigenvalue weighted by molar-refractivity contribution is 9.09. The molecule has 0 amide bonds. The molecule has 0 aliphatic heterocycles. The van der Waals surface area contributed by atoms with Gasteiger partial charge < -0.3 is 4.74 Å². The van der Waals surface area contributed by atoms with E-state index in [0.29, 0.717) is 0 Å². The molecule has 0 bridgehead atoms. The third-order valence-corrected chi connectivity index (χ3v) is 2.82. The Morgan fingerprint density at radius 1 is 1.50 bits per heavy atom. The van der Waals surface area contributed by atoms with Crippen LogP contribution in [-0.2, 0) is 9.53 Å². The van der Waals surface area contributed by atoms with Crippen LogP contribution in [0.4, 0.5) is 0 Å². The van der Waals surface area contributed by atoms with E-state index in [1.54, 1.807) is 0 Å². The van der Waals surface area contributed by atoms with Crippen LogP contribution in [0.5, 0.6) is 0 Å². The average Bonchev–Trinajstić information content (AvgIpc) is 2.36. The maximum atomic E-state index is 10.8. The summed E-state index contributed by atoms with van der Waals surface area (Å²) in [6.07, 6.45) is 5.42. The van der Waals surface area contributed by atoms with Gasteiger partial charge in [-0.15, -0.1) is 0 Å². The molecule has 0 aromatic rings. The highest BCUT2D eigenvalue weighted by atomic mass is 79.9. The second-order valence-corrected chi connectivity index (χ2v) is 4.22. The van der Waals surface area contributed by atoms with Crippen LogP contribution in [0.2, 0.25) is 0 Å². The summed E-state index contributed by atoms with van der Waals surface area (Å²) in [5.41, 5.74) is -0.130. The first-order valence-electron chi connectivity index (χ1n) is 4.44. The molecular formula is C9H15BrO2. The van der Waals surface area contributed by atoms with Gasteiger partial charge >= 0.3 is 5.97 Å². The molecule has 0 saturated heterocycles. The van der Waals surface area contributed by atoms with Gasteiger partial charge in [-0.1, -0.05) is 15.9 Å². The summed E-state index contributed by atoms with van der Waals surface area (Å²) >= 11 is 3.39. The molecule has 0 unspecified atom stereocenters. The van der Waals surface area contributed by atoms with Crippen LogP contribution < -0.4 is 0 Å². The number of rotatable bonds is 3. The van der Waals surface area contributed by atoms with Crippen molar-refractivity contribution in [3.8, 4) is 0 Å². The van der Waals surface area contributed by atoms with E-state index in [9.17, 15) is 4.79 Å².